The second-order valence-corrected chi connectivity index (χ2v) is 6.19. The van der Waals surface area contributed by atoms with E-state index in [1.165, 1.54) is 17.4 Å². The smallest absolute Gasteiger partial charge is 0.203 e. The average Bonchev–Trinajstić information content (AvgIpc) is 3.04. The molecule has 4 nitrogen and oxygen atoms in total. The van der Waals surface area contributed by atoms with E-state index in [-0.39, 0.29) is 11.6 Å². The molecule has 2 N–H and O–H groups in total. The van der Waals surface area contributed by atoms with Gasteiger partial charge in [0, 0.05) is 16.5 Å². The fraction of sp³-hybridized carbons (Fsp3) is 0.111. The summed E-state index contributed by atoms with van der Waals surface area (Å²) >= 11 is 1.41. The van der Waals surface area contributed by atoms with Crippen molar-refractivity contribution < 1.29 is 9.50 Å². The van der Waals surface area contributed by atoms with Crippen molar-refractivity contribution in [2.24, 2.45) is 5.10 Å². The van der Waals surface area contributed by atoms with Crippen LogP contribution in [-0.4, -0.2) is 15.8 Å². The number of para-hydroxylation sites is 1. The minimum absolute atomic E-state index is 0.183. The van der Waals surface area contributed by atoms with Crippen molar-refractivity contribution in [3.05, 3.63) is 64.8 Å². The SMILES string of the molecule is C/C(=N/Nc1nc(-c2ccc(F)c(C)c2)cs1)c1ccccc1O. The molecule has 0 atom stereocenters. The highest BCUT2D eigenvalue weighted by Crippen LogP contribution is 2.26. The molecular formula is C18H16FN3OS. The number of nitrogens with zero attached hydrogens (tertiary/aromatic N) is 2. The molecule has 3 aromatic rings. The highest BCUT2D eigenvalue weighted by atomic mass is 32.1. The monoisotopic (exact) mass is 341 g/mol. The van der Waals surface area contributed by atoms with E-state index in [1.54, 1.807) is 44.2 Å². The number of rotatable bonds is 4. The van der Waals surface area contributed by atoms with Gasteiger partial charge >= 0.3 is 0 Å². The quantitative estimate of drug-likeness (QED) is 0.529. The van der Waals surface area contributed by atoms with Crippen LogP contribution in [0.15, 0.2) is 52.9 Å². The molecule has 6 heteroatoms. The Bertz CT molecular complexity index is 905. The Morgan fingerprint density at radius 2 is 2.04 bits per heavy atom. The maximum Gasteiger partial charge on any atom is 0.203 e. The number of hydrogen-bond acceptors (Lipinski definition) is 5. The summed E-state index contributed by atoms with van der Waals surface area (Å²) in [5, 5.41) is 16.6. The molecule has 0 aliphatic rings. The van der Waals surface area contributed by atoms with Gasteiger partial charge in [0.1, 0.15) is 11.6 Å². The topological polar surface area (TPSA) is 57.5 Å². The first-order valence-electron chi connectivity index (χ1n) is 7.35. The van der Waals surface area contributed by atoms with Crippen molar-refractivity contribution in [1.82, 2.24) is 4.98 Å². The maximum absolute atomic E-state index is 13.4. The number of phenolic OH excluding ortho intramolecular Hbond substituents is 1. The number of aromatic hydroxyl groups is 1. The van der Waals surface area contributed by atoms with Crippen molar-refractivity contribution in [2.75, 3.05) is 5.43 Å². The van der Waals surface area contributed by atoms with E-state index in [9.17, 15) is 9.50 Å². The Balaban J connectivity index is 1.78. The average molecular weight is 341 g/mol. The summed E-state index contributed by atoms with van der Waals surface area (Å²) in [6, 6.07) is 11.9. The van der Waals surface area contributed by atoms with E-state index in [0.29, 0.717) is 22.0 Å². The van der Waals surface area contributed by atoms with Crippen LogP contribution in [0.4, 0.5) is 9.52 Å². The van der Waals surface area contributed by atoms with E-state index in [4.69, 9.17) is 0 Å². The number of hydrazone groups is 1. The van der Waals surface area contributed by atoms with Gasteiger partial charge in [-0.25, -0.2) is 9.37 Å². The van der Waals surface area contributed by atoms with Gasteiger partial charge in [0.05, 0.1) is 11.4 Å². The number of benzene rings is 2. The molecule has 122 valence electrons. The number of thiazole rings is 1. The van der Waals surface area contributed by atoms with Crippen molar-refractivity contribution in [2.45, 2.75) is 13.8 Å². The maximum atomic E-state index is 13.4. The standard InChI is InChI=1S/C18H16FN3OS/c1-11-9-13(7-8-15(11)19)16-10-24-18(20-16)22-21-12(2)14-5-3-4-6-17(14)23/h3-10,23H,1-2H3,(H,20,22)/b21-12-. The molecule has 0 spiro atoms. The number of halogens is 1. The van der Waals surface area contributed by atoms with Crippen LogP contribution in [0, 0.1) is 12.7 Å². The van der Waals surface area contributed by atoms with Crippen molar-refractivity contribution in [1.29, 1.82) is 0 Å². The summed E-state index contributed by atoms with van der Waals surface area (Å²) in [5.74, 6) is -0.0441. The van der Waals surface area contributed by atoms with Crippen molar-refractivity contribution >= 4 is 22.2 Å². The number of nitrogens with one attached hydrogen (secondary N) is 1. The van der Waals surface area contributed by atoms with Crippen LogP contribution in [0.3, 0.4) is 0 Å². The van der Waals surface area contributed by atoms with Gasteiger partial charge in [-0.3, -0.25) is 5.43 Å². The van der Waals surface area contributed by atoms with E-state index in [0.717, 1.165) is 11.3 Å². The number of aryl methyl sites for hydroxylation is 1. The van der Waals surface area contributed by atoms with Gasteiger partial charge in [0.2, 0.25) is 5.13 Å². The van der Waals surface area contributed by atoms with Crippen molar-refractivity contribution in [3.8, 4) is 17.0 Å². The molecule has 1 aromatic heterocycles. The first kappa shape index (κ1) is 16.1. The molecule has 0 radical (unpaired) electrons. The van der Waals surface area contributed by atoms with E-state index >= 15 is 0 Å². The summed E-state index contributed by atoms with van der Waals surface area (Å²) in [6.07, 6.45) is 0. The highest BCUT2D eigenvalue weighted by Gasteiger charge is 2.07. The molecular weight excluding hydrogens is 325 g/mol. The third-order valence-corrected chi connectivity index (χ3v) is 4.32. The lowest BCUT2D eigenvalue weighted by Crippen LogP contribution is -1.99. The van der Waals surface area contributed by atoms with Crippen LogP contribution < -0.4 is 5.43 Å². The zero-order valence-electron chi connectivity index (χ0n) is 13.2. The fourth-order valence-corrected chi connectivity index (χ4v) is 2.89. The van der Waals surface area contributed by atoms with Crippen molar-refractivity contribution in [3.63, 3.8) is 0 Å². The Morgan fingerprint density at radius 1 is 1.25 bits per heavy atom. The summed E-state index contributed by atoms with van der Waals surface area (Å²) in [5.41, 5.74) is 6.43. The molecule has 0 bridgehead atoms. The number of anilines is 1. The zero-order valence-corrected chi connectivity index (χ0v) is 14.1. The molecule has 0 saturated carbocycles. The molecule has 0 fully saturated rings. The van der Waals surface area contributed by atoms with Gasteiger partial charge in [-0.1, -0.05) is 12.1 Å². The first-order chi connectivity index (χ1) is 11.5. The lowest BCUT2D eigenvalue weighted by Gasteiger charge is -2.03. The van der Waals surface area contributed by atoms with Gasteiger partial charge in [0.25, 0.3) is 0 Å². The van der Waals surface area contributed by atoms with Crippen LogP contribution in [0.5, 0.6) is 5.75 Å². The highest BCUT2D eigenvalue weighted by molar-refractivity contribution is 7.14. The van der Waals surface area contributed by atoms with Crippen LogP contribution >= 0.6 is 11.3 Å². The second-order valence-electron chi connectivity index (χ2n) is 5.33. The third kappa shape index (κ3) is 3.44. The lowest BCUT2D eigenvalue weighted by atomic mass is 10.1. The molecule has 0 amide bonds. The molecule has 0 unspecified atom stereocenters. The van der Waals surface area contributed by atoms with Gasteiger partial charge < -0.3 is 5.11 Å². The molecule has 1 heterocycles. The fourth-order valence-electron chi connectivity index (χ4n) is 2.23. The van der Waals surface area contributed by atoms with Crippen LogP contribution in [0.2, 0.25) is 0 Å². The normalized spacial score (nSPS) is 11.5. The van der Waals surface area contributed by atoms with Crippen LogP contribution in [0.1, 0.15) is 18.1 Å². The lowest BCUT2D eigenvalue weighted by molar-refractivity contribution is 0.474. The van der Waals surface area contributed by atoms with Gasteiger partial charge in [-0.2, -0.15) is 5.10 Å². The second kappa shape index (κ2) is 6.80. The largest absolute Gasteiger partial charge is 0.507 e. The van der Waals surface area contributed by atoms with E-state index in [1.807, 2.05) is 11.4 Å². The minimum Gasteiger partial charge on any atom is -0.507 e. The third-order valence-electron chi connectivity index (χ3n) is 3.57. The van der Waals surface area contributed by atoms with Gasteiger partial charge in [-0.15, -0.1) is 11.3 Å². The Kier molecular flexibility index (Phi) is 4.57. The molecule has 24 heavy (non-hydrogen) atoms. The van der Waals surface area contributed by atoms with Gasteiger partial charge in [0.15, 0.2) is 0 Å². The van der Waals surface area contributed by atoms with E-state index < -0.39 is 0 Å². The summed E-state index contributed by atoms with van der Waals surface area (Å²) in [7, 11) is 0. The van der Waals surface area contributed by atoms with E-state index in [2.05, 4.69) is 15.5 Å². The molecule has 0 aliphatic carbocycles. The predicted molar refractivity (Wildman–Crippen MR) is 96.2 cm³/mol. The number of phenols is 1. The summed E-state index contributed by atoms with van der Waals surface area (Å²) in [6.45, 7) is 3.53. The number of aromatic nitrogens is 1. The summed E-state index contributed by atoms with van der Waals surface area (Å²) < 4.78 is 13.4. The van der Waals surface area contributed by atoms with Gasteiger partial charge in [-0.05, 0) is 49.7 Å². The molecule has 2 aromatic carbocycles. The zero-order chi connectivity index (χ0) is 17.1. The Labute approximate surface area is 143 Å². The Hall–Kier alpha value is -2.73. The summed E-state index contributed by atoms with van der Waals surface area (Å²) in [4.78, 5) is 4.45. The first-order valence-corrected chi connectivity index (χ1v) is 8.23. The Morgan fingerprint density at radius 3 is 2.79 bits per heavy atom. The molecule has 0 saturated heterocycles. The molecule has 0 aliphatic heterocycles. The predicted octanol–water partition coefficient (Wildman–Crippen LogP) is 4.80. The van der Waals surface area contributed by atoms with Crippen LogP contribution in [-0.2, 0) is 0 Å². The minimum atomic E-state index is -0.227. The number of hydrogen-bond donors (Lipinski definition) is 2. The molecule has 3 rings (SSSR count). The van der Waals surface area contributed by atoms with Crippen LogP contribution in [0.25, 0.3) is 11.3 Å².